The van der Waals surface area contributed by atoms with Crippen LogP contribution in [0.3, 0.4) is 0 Å². The van der Waals surface area contributed by atoms with E-state index >= 15 is 0 Å². The summed E-state index contributed by atoms with van der Waals surface area (Å²) in [5.74, 6) is -0.745. The molecule has 0 saturated carbocycles. The second-order valence-electron chi connectivity index (χ2n) is 4.80. The molecule has 0 radical (unpaired) electrons. The molecular weight excluding hydrogens is 258 g/mol. The topological polar surface area (TPSA) is 66.8 Å². The van der Waals surface area contributed by atoms with E-state index in [-0.39, 0.29) is 12.5 Å². The molecule has 1 aromatic carbocycles. The molecule has 0 heterocycles. The minimum atomic E-state index is -1.01. The van der Waals surface area contributed by atoms with Gasteiger partial charge in [0.1, 0.15) is 11.8 Å². The number of carboxylic acid groups (broad SMARTS) is 1. The maximum absolute atomic E-state index is 11.9. The van der Waals surface area contributed by atoms with Gasteiger partial charge in [-0.05, 0) is 43.5 Å². The van der Waals surface area contributed by atoms with Gasteiger partial charge in [-0.25, -0.2) is 4.79 Å². The number of benzene rings is 1. The maximum atomic E-state index is 11.9. The van der Waals surface area contributed by atoms with E-state index in [1.165, 1.54) is 11.9 Å². The van der Waals surface area contributed by atoms with Gasteiger partial charge < -0.3 is 14.7 Å². The molecule has 1 atom stereocenters. The van der Waals surface area contributed by atoms with Crippen LogP contribution in [0.15, 0.2) is 18.2 Å². The standard InChI is InChI=1S/C15H21NO4/c1-5-13(15(18)19)16(4)14(17)9-20-12-7-6-10(2)11(3)8-12/h6-8,13H,5,9H2,1-4H3,(H,18,19). The molecule has 1 unspecified atom stereocenters. The lowest BCUT2D eigenvalue weighted by atomic mass is 10.1. The normalized spacial score (nSPS) is 11.8. The predicted molar refractivity (Wildman–Crippen MR) is 75.9 cm³/mol. The van der Waals surface area contributed by atoms with Crippen LogP contribution in [-0.2, 0) is 9.59 Å². The lowest BCUT2D eigenvalue weighted by Crippen LogP contribution is -2.44. The maximum Gasteiger partial charge on any atom is 0.326 e. The third kappa shape index (κ3) is 3.98. The van der Waals surface area contributed by atoms with Crippen molar-refractivity contribution < 1.29 is 19.4 Å². The number of hydrogen-bond donors (Lipinski definition) is 1. The van der Waals surface area contributed by atoms with E-state index in [0.29, 0.717) is 12.2 Å². The lowest BCUT2D eigenvalue weighted by Gasteiger charge is -2.23. The predicted octanol–water partition coefficient (Wildman–Crippen LogP) is 2.00. The number of carboxylic acids is 1. The number of hydrogen-bond acceptors (Lipinski definition) is 3. The van der Waals surface area contributed by atoms with Gasteiger partial charge in [-0.1, -0.05) is 13.0 Å². The highest BCUT2D eigenvalue weighted by atomic mass is 16.5. The van der Waals surface area contributed by atoms with Crippen LogP contribution in [0.1, 0.15) is 24.5 Å². The average Bonchev–Trinajstić information content (AvgIpc) is 2.40. The Morgan fingerprint density at radius 2 is 1.95 bits per heavy atom. The second-order valence-corrected chi connectivity index (χ2v) is 4.80. The summed E-state index contributed by atoms with van der Waals surface area (Å²) < 4.78 is 5.42. The van der Waals surface area contributed by atoms with Gasteiger partial charge >= 0.3 is 5.97 Å². The molecule has 1 amide bonds. The zero-order valence-corrected chi connectivity index (χ0v) is 12.3. The molecule has 0 aromatic heterocycles. The zero-order valence-electron chi connectivity index (χ0n) is 12.3. The van der Waals surface area contributed by atoms with Crippen molar-refractivity contribution in [3.63, 3.8) is 0 Å². The minimum absolute atomic E-state index is 0.164. The van der Waals surface area contributed by atoms with Gasteiger partial charge in [0.25, 0.3) is 5.91 Å². The molecule has 110 valence electrons. The molecule has 1 N–H and O–H groups in total. The fourth-order valence-electron chi connectivity index (χ4n) is 1.84. The van der Waals surface area contributed by atoms with Crippen molar-refractivity contribution in [3.8, 4) is 5.75 Å². The Morgan fingerprint density at radius 1 is 1.30 bits per heavy atom. The molecule has 0 aliphatic heterocycles. The van der Waals surface area contributed by atoms with E-state index in [4.69, 9.17) is 9.84 Å². The summed E-state index contributed by atoms with van der Waals surface area (Å²) in [5.41, 5.74) is 2.23. The summed E-state index contributed by atoms with van der Waals surface area (Å²) in [6, 6.07) is 4.76. The Kier molecular flexibility index (Phi) is 5.55. The van der Waals surface area contributed by atoms with Crippen molar-refractivity contribution >= 4 is 11.9 Å². The highest BCUT2D eigenvalue weighted by molar-refractivity contribution is 5.84. The van der Waals surface area contributed by atoms with Gasteiger partial charge in [0.2, 0.25) is 0 Å². The molecule has 20 heavy (non-hydrogen) atoms. The first kappa shape index (κ1) is 16.0. The van der Waals surface area contributed by atoms with Crippen LogP contribution >= 0.6 is 0 Å². The van der Waals surface area contributed by atoms with E-state index in [0.717, 1.165) is 11.1 Å². The summed E-state index contributed by atoms with van der Waals surface area (Å²) >= 11 is 0. The van der Waals surface area contributed by atoms with Crippen molar-refractivity contribution in [3.05, 3.63) is 29.3 Å². The first-order valence-corrected chi connectivity index (χ1v) is 6.55. The quantitative estimate of drug-likeness (QED) is 0.865. The monoisotopic (exact) mass is 279 g/mol. The van der Waals surface area contributed by atoms with Crippen LogP contribution < -0.4 is 4.74 Å². The Labute approximate surface area is 119 Å². The molecule has 0 aliphatic carbocycles. The molecule has 0 spiro atoms. The lowest BCUT2D eigenvalue weighted by molar-refractivity contribution is -0.149. The fourth-order valence-corrected chi connectivity index (χ4v) is 1.84. The van der Waals surface area contributed by atoms with Gasteiger partial charge in [0, 0.05) is 7.05 Å². The number of rotatable bonds is 6. The van der Waals surface area contributed by atoms with Crippen molar-refractivity contribution in [2.75, 3.05) is 13.7 Å². The van der Waals surface area contributed by atoms with E-state index in [9.17, 15) is 9.59 Å². The van der Waals surface area contributed by atoms with E-state index in [2.05, 4.69) is 0 Å². The van der Waals surface area contributed by atoms with E-state index in [1.54, 1.807) is 13.0 Å². The van der Waals surface area contributed by atoms with Crippen LogP contribution in [0.4, 0.5) is 0 Å². The molecule has 1 rings (SSSR count). The van der Waals surface area contributed by atoms with Crippen LogP contribution in [-0.4, -0.2) is 41.6 Å². The molecule has 0 aliphatic rings. The number of nitrogens with zero attached hydrogens (tertiary/aromatic N) is 1. The Bertz CT molecular complexity index is 499. The van der Waals surface area contributed by atoms with Crippen LogP contribution in [0, 0.1) is 13.8 Å². The Hall–Kier alpha value is -2.04. The number of ether oxygens (including phenoxy) is 1. The van der Waals surface area contributed by atoms with Gasteiger partial charge in [-0.3, -0.25) is 4.79 Å². The average molecular weight is 279 g/mol. The number of aryl methyl sites for hydroxylation is 2. The summed E-state index contributed by atoms with van der Waals surface area (Å²) in [6.45, 7) is 5.53. The van der Waals surface area contributed by atoms with Gasteiger partial charge in [0.05, 0.1) is 0 Å². The largest absolute Gasteiger partial charge is 0.484 e. The van der Waals surface area contributed by atoms with Gasteiger partial charge in [0.15, 0.2) is 6.61 Å². The summed E-state index contributed by atoms with van der Waals surface area (Å²) in [6.07, 6.45) is 0.362. The number of likely N-dealkylation sites (N-methyl/N-ethyl adjacent to an activating group) is 1. The minimum Gasteiger partial charge on any atom is -0.484 e. The molecule has 1 aromatic rings. The van der Waals surface area contributed by atoms with Crippen LogP contribution in [0.25, 0.3) is 0 Å². The molecule has 0 saturated heterocycles. The van der Waals surface area contributed by atoms with Crippen molar-refractivity contribution in [1.29, 1.82) is 0 Å². The van der Waals surface area contributed by atoms with Crippen molar-refractivity contribution in [2.24, 2.45) is 0 Å². The number of carbonyl (C=O) groups is 2. The van der Waals surface area contributed by atoms with Crippen LogP contribution in [0.2, 0.25) is 0 Å². The molecular formula is C15H21NO4. The third-order valence-corrected chi connectivity index (χ3v) is 3.37. The zero-order chi connectivity index (χ0) is 15.3. The summed E-state index contributed by atoms with van der Waals surface area (Å²) in [5, 5.41) is 9.01. The van der Waals surface area contributed by atoms with E-state index in [1.807, 2.05) is 26.0 Å². The molecule has 0 fully saturated rings. The Balaban J connectivity index is 2.62. The summed E-state index contributed by atoms with van der Waals surface area (Å²) in [7, 11) is 1.48. The van der Waals surface area contributed by atoms with Gasteiger partial charge in [-0.15, -0.1) is 0 Å². The SMILES string of the molecule is CCC(C(=O)O)N(C)C(=O)COc1ccc(C)c(C)c1. The number of aliphatic carboxylic acids is 1. The summed E-state index contributed by atoms with van der Waals surface area (Å²) in [4.78, 5) is 24.1. The van der Waals surface area contributed by atoms with Gasteiger partial charge in [-0.2, -0.15) is 0 Å². The molecule has 0 bridgehead atoms. The smallest absolute Gasteiger partial charge is 0.326 e. The molecule has 5 nitrogen and oxygen atoms in total. The number of carbonyl (C=O) groups excluding carboxylic acids is 1. The Morgan fingerprint density at radius 3 is 2.45 bits per heavy atom. The third-order valence-electron chi connectivity index (χ3n) is 3.37. The van der Waals surface area contributed by atoms with Crippen LogP contribution in [0.5, 0.6) is 5.75 Å². The highest BCUT2D eigenvalue weighted by Crippen LogP contribution is 2.16. The van der Waals surface area contributed by atoms with Crippen molar-refractivity contribution in [1.82, 2.24) is 4.90 Å². The second kappa shape index (κ2) is 6.93. The van der Waals surface area contributed by atoms with E-state index < -0.39 is 12.0 Å². The number of amides is 1. The molecule has 5 heteroatoms. The fraction of sp³-hybridized carbons (Fsp3) is 0.467. The highest BCUT2D eigenvalue weighted by Gasteiger charge is 2.24. The first-order valence-electron chi connectivity index (χ1n) is 6.55. The first-order chi connectivity index (χ1) is 9.36. The van der Waals surface area contributed by atoms with Crippen molar-refractivity contribution in [2.45, 2.75) is 33.2 Å².